The summed E-state index contributed by atoms with van der Waals surface area (Å²) in [4.78, 5) is 0. The van der Waals surface area contributed by atoms with Crippen LogP contribution in [0.1, 0.15) is 25.5 Å². The van der Waals surface area contributed by atoms with E-state index in [4.69, 9.17) is 5.73 Å². The largest absolute Gasteiger partial charge is 0.388 e. The summed E-state index contributed by atoms with van der Waals surface area (Å²) in [6.07, 6.45) is 0. The fraction of sp³-hybridized carbons (Fsp3) is 0.286. The number of benzene rings is 2. The first-order valence-corrected chi connectivity index (χ1v) is 5.56. The van der Waals surface area contributed by atoms with Crippen molar-refractivity contribution < 1.29 is 9.50 Å². The summed E-state index contributed by atoms with van der Waals surface area (Å²) in [5.41, 5.74) is 5.73. The van der Waals surface area contributed by atoms with Gasteiger partial charge in [0, 0.05) is 5.39 Å². The van der Waals surface area contributed by atoms with Gasteiger partial charge in [0.15, 0.2) is 0 Å². The summed E-state index contributed by atoms with van der Waals surface area (Å²) in [7, 11) is 0. The average Bonchev–Trinajstić information content (AvgIpc) is 2.28. The number of fused-ring (bicyclic) bond motifs is 1. The summed E-state index contributed by atoms with van der Waals surface area (Å²) in [6, 6.07) is 9.63. The van der Waals surface area contributed by atoms with Crippen molar-refractivity contribution in [2.75, 3.05) is 0 Å². The van der Waals surface area contributed by atoms with E-state index in [1.807, 2.05) is 12.1 Å². The van der Waals surface area contributed by atoms with Gasteiger partial charge in [-0.15, -0.1) is 0 Å². The Balaban J connectivity index is 2.67. The molecule has 0 bridgehead atoms. The third kappa shape index (κ3) is 2.16. The van der Waals surface area contributed by atoms with Crippen LogP contribution >= 0.6 is 0 Å². The number of hydrogen-bond donors (Lipinski definition) is 2. The Morgan fingerprint density at radius 1 is 1.12 bits per heavy atom. The molecule has 0 saturated carbocycles. The summed E-state index contributed by atoms with van der Waals surface area (Å²) >= 11 is 0. The summed E-state index contributed by atoms with van der Waals surface area (Å²) < 4.78 is 13.6. The predicted octanol–water partition coefficient (Wildman–Crippen LogP) is 2.75. The fourth-order valence-electron chi connectivity index (χ4n) is 1.94. The van der Waals surface area contributed by atoms with Crippen LogP contribution in [0.25, 0.3) is 10.8 Å². The molecule has 2 aromatic carbocycles. The minimum atomic E-state index is -1.04. The van der Waals surface area contributed by atoms with Crippen molar-refractivity contribution in [3.63, 3.8) is 0 Å². The van der Waals surface area contributed by atoms with Gasteiger partial charge in [-0.2, -0.15) is 0 Å². The van der Waals surface area contributed by atoms with E-state index < -0.39 is 11.6 Å². The quantitative estimate of drug-likeness (QED) is 0.837. The van der Waals surface area contributed by atoms with Gasteiger partial charge in [-0.1, -0.05) is 30.3 Å². The van der Waals surface area contributed by atoms with E-state index in [0.29, 0.717) is 5.39 Å². The number of aliphatic hydroxyl groups is 1. The maximum Gasteiger partial charge on any atom is 0.131 e. The van der Waals surface area contributed by atoms with Crippen molar-refractivity contribution >= 4 is 10.8 Å². The minimum Gasteiger partial charge on any atom is -0.388 e. The normalized spacial score (nSPS) is 13.9. The summed E-state index contributed by atoms with van der Waals surface area (Å²) in [5, 5.41) is 11.2. The maximum atomic E-state index is 13.6. The third-order valence-electron chi connectivity index (χ3n) is 3.00. The van der Waals surface area contributed by atoms with Crippen LogP contribution in [0, 0.1) is 5.82 Å². The number of nitrogens with two attached hydrogens (primary N) is 1. The predicted molar refractivity (Wildman–Crippen MR) is 67.1 cm³/mol. The third-order valence-corrected chi connectivity index (χ3v) is 3.00. The molecule has 17 heavy (non-hydrogen) atoms. The zero-order valence-corrected chi connectivity index (χ0v) is 9.94. The molecule has 3 N–H and O–H groups in total. The second-order valence-electron chi connectivity index (χ2n) is 4.81. The smallest absolute Gasteiger partial charge is 0.131 e. The van der Waals surface area contributed by atoms with Crippen LogP contribution in [-0.4, -0.2) is 10.7 Å². The van der Waals surface area contributed by atoms with Crippen molar-refractivity contribution in [2.24, 2.45) is 5.73 Å². The maximum absolute atomic E-state index is 13.6. The molecule has 3 heteroatoms. The highest BCUT2D eigenvalue weighted by Gasteiger charge is 2.26. The Bertz CT molecular complexity index is 545. The number of halogens is 1. The molecule has 0 radical (unpaired) electrons. The van der Waals surface area contributed by atoms with Gasteiger partial charge in [-0.3, -0.25) is 0 Å². The molecule has 0 aliphatic rings. The first-order chi connectivity index (χ1) is 7.91. The number of rotatable bonds is 2. The standard InChI is InChI=1S/C14H16FNO/c1-14(2,17)13(16)11-7-8-12(15)10-6-4-3-5-9(10)11/h3-8,13,17H,16H2,1-2H3/t13-/m1/s1. The summed E-state index contributed by atoms with van der Waals surface area (Å²) in [5.74, 6) is -0.271. The van der Waals surface area contributed by atoms with Crippen LogP contribution < -0.4 is 5.73 Å². The first kappa shape index (κ1) is 12.0. The van der Waals surface area contributed by atoms with Crippen molar-refractivity contribution in [3.05, 3.63) is 47.8 Å². The lowest BCUT2D eigenvalue weighted by atomic mass is 9.89. The van der Waals surface area contributed by atoms with Gasteiger partial charge in [-0.05, 0) is 30.9 Å². The van der Waals surface area contributed by atoms with Gasteiger partial charge in [0.1, 0.15) is 5.82 Å². The molecule has 2 aromatic rings. The lowest BCUT2D eigenvalue weighted by Gasteiger charge is -2.27. The molecule has 2 rings (SSSR count). The van der Waals surface area contributed by atoms with Crippen LogP contribution in [0.4, 0.5) is 4.39 Å². The van der Waals surface area contributed by atoms with E-state index in [1.54, 1.807) is 32.0 Å². The zero-order chi connectivity index (χ0) is 12.6. The highest BCUT2D eigenvalue weighted by Crippen LogP contribution is 2.30. The van der Waals surface area contributed by atoms with Gasteiger partial charge >= 0.3 is 0 Å². The Kier molecular flexibility index (Phi) is 2.89. The fourth-order valence-corrected chi connectivity index (χ4v) is 1.94. The second-order valence-corrected chi connectivity index (χ2v) is 4.81. The van der Waals surface area contributed by atoms with Gasteiger partial charge in [-0.25, -0.2) is 4.39 Å². The zero-order valence-electron chi connectivity index (χ0n) is 9.94. The molecular weight excluding hydrogens is 217 g/mol. The molecule has 0 heterocycles. The topological polar surface area (TPSA) is 46.2 Å². The lowest BCUT2D eigenvalue weighted by Crippen LogP contribution is -2.35. The molecule has 0 amide bonds. The van der Waals surface area contributed by atoms with Gasteiger partial charge in [0.2, 0.25) is 0 Å². The monoisotopic (exact) mass is 233 g/mol. The Morgan fingerprint density at radius 2 is 1.71 bits per heavy atom. The van der Waals surface area contributed by atoms with E-state index in [1.165, 1.54) is 6.07 Å². The average molecular weight is 233 g/mol. The first-order valence-electron chi connectivity index (χ1n) is 5.56. The van der Waals surface area contributed by atoms with Crippen LogP contribution in [0.5, 0.6) is 0 Å². The Labute approximate surface area is 99.9 Å². The van der Waals surface area contributed by atoms with Gasteiger partial charge in [0.25, 0.3) is 0 Å². The lowest BCUT2D eigenvalue weighted by molar-refractivity contribution is 0.0522. The van der Waals surface area contributed by atoms with Gasteiger partial charge in [0.05, 0.1) is 11.6 Å². The van der Waals surface area contributed by atoms with Crippen LogP contribution in [0.3, 0.4) is 0 Å². The number of hydrogen-bond acceptors (Lipinski definition) is 2. The van der Waals surface area contributed by atoms with Crippen molar-refractivity contribution in [1.29, 1.82) is 0 Å². The van der Waals surface area contributed by atoms with Crippen molar-refractivity contribution in [3.8, 4) is 0 Å². The molecule has 0 saturated heterocycles. The molecule has 90 valence electrons. The molecule has 0 aliphatic carbocycles. The highest BCUT2D eigenvalue weighted by molar-refractivity contribution is 5.86. The van der Waals surface area contributed by atoms with Crippen LogP contribution in [0.2, 0.25) is 0 Å². The molecule has 0 aromatic heterocycles. The minimum absolute atomic E-state index is 0.271. The Hall–Kier alpha value is -1.45. The van der Waals surface area contributed by atoms with E-state index in [2.05, 4.69) is 0 Å². The molecule has 1 atom stereocenters. The van der Waals surface area contributed by atoms with Crippen LogP contribution in [0.15, 0.2) is 36.4 Å². The van der Waals surface area contributed by atoms with E-state index in [0.717, 1.165) is 10.9 Å². The van der Waals surface area contributed by atoms with E-state index >= 15 is 0 Å². The molecule has 0 spiro atoms. The SMILES string of the molecule is CC(C)(O)[C@H](N)c1ccc(F)c2ccccc12. The Morgan fingerprint density at radius 3 is 2.29 bits per heavy atom. The van der Waals surface area contributed by atoms with Crippen molar-refractivity contribution in [2.45, 2.75) is 25.5 Å². The van der Waals surface area contributed by atoms with Crippen molar-refractivity contribution in [1.82, 2.24) is 0 Å². The van der Waals surface area contributed by atoms with E-state index in [9.17, 15) is 9.50 Å². The summed E-state index contributed by atoms with van der Waals surface area (Å²) in [6.45, 7) is 3.30. The molecular formula is C14H16FNO. The van der Waals surface area contributed by atoms with Gasteiger partial charge < -0.3 is 10.8 Å². The molecule has 2 nitrogen and oxygen atoms in total. The second kappa shape index (κ2) is 4.09. The molecule has 0 unspecified atom stereocenters. The van der Waals surface area contributed by atoms with Crippen LogP contribution in [-0.2, 0) is 0 Å². The highest BCUT2D eigenvalue weighted by atomic mass is 19.1. The van der Waals surface area contributed by atoms with E-state index in [-0.39, 0.29) is 5.82 Å². The molecule has 0 aliphatic heterocycles. The molecule has 0 fully saturated rings.